The molecule has 0 spiro atoms. The molecule has 0 radical (unpaired) electrons. The molecule has 2 aromatic carbocycles. The molecule has 1 atom stereocenters. The number of hydrazine groups is 1. The standard InChI is InChI=1S/C16H12ClF3N2O2/c17-10-5-6-13-9(7-10)8-14(24-13)15(23)22-21-12-4-2-1-3-11(12)16(18,19)20/h1-7,14,21H,8H2,(H,22,23). The Labute approximate surface area is 140 Å². The molecule has 24 heavy (non-hydrogen) atoms. The Balaban J connectivity index is 1.66. The smallest absolute Gasteiger partial charge is 0.418 e. The van der Waals surface area contributed by atoms with Gasteiger partial charge in [-0.15, -0.1) is 0 Å². The minimum atomic E-state index is -4.52. The van der Waals surface area contributed by atoms with E-state index < -0.39 is 23.8 Å². The predicted molar refractivity (Wildman–Crippen MR) is 82.8 cm³/mol. The number of hydrogen-bond acceptors (Lipinski definition) is 3. The second-order valence-electron chi connectivity index (χ2n) is 5.22. The number of anilines is 1. The van der Waals surface area contributed by atoms with Crippen LogP contribution in [-0.2, 0) is 17.4 Å². The first-order valence-corrected chi connectivity index (χ1v) is 7.39. The molecule has 1 aliphatic rings. The van der Waals surface area contributed by atoms with Crippen LogP contribution in [0.4, 0.5) is 18.9 Å². The molecule has 126 valence electrons. The Morgan fingerprint density at radius 3 is 2.71 bits per heavy atom. The molecule has 2 N–H and O–H groups in total. The maximum atomic E-state index is 12.9. The molecular formula is C16H12ClF3N2O2. The van der Waals surface area contributed by atoms with Gasteiger partial charge in [-0.1, -0.05) is 23.7 Å². The minimum Gasteiger partial charge on any atom is -0.480 e. The number of hydrogen-bond donors (Lipinski definition) is 2. The fourth-order valence-electron chi connectivity index (χ4n) is 2.41. The second-order valence-corrected chi connectivity index (χ2v) is 5.66. The molecule has 1 heterocycles. The van der Waals surface area contributed by atoms with Gasteiger partial charge >= 0.3 is 6.18 Å². The van der Waals surface area contributed by atoms with Crippen molar-refractivity contribution < 1.29 is 22.7 Å². The van der Waals surface area contributed by atoms with E-state index >= 15 is 0 Å². The third-order valence-corrected chi connectivity index (χ3v) is 3.78. The molecule has 0 aliphatic carbocycles. The molecule has 0 fully saturated rings. The minimum absolute atomic E-state index is 0.239. The summed E-state index contributed by atoms with van der Waals surface area (Å²) in [6.45, 7) is 0. The molecule has 0 saturated heterocycles. The van der Waals surface area contributed by atoms with Gasteiger partial charge in [-0.25, -0.2) is 0 Å². The van der Waals surface area contributed by atoms with Crippen LogP contribution in [0.5, 0.6) is 5.75 Å². The molecule has 1 unspecified atom stereocenters. The number of halogens is 4. The van der Waals surface area contributed by atoms with Gasteiger partial charge in [0, 0.05) is 11.4 Å². The van der Waals surface area contributed by atoms with E-state index in [1.165, 1.54) is 18.2 Å². The lowest BCUT2D eigenvalue weighted by molar-refractivity contribution is -0.137. The highest BCUT2D eigenvalue weighted by molar-refractivity contribution is 6.30. The summed E-state index contributed by atoms with van der Waals surface area (Å²) < 4.78 is 44.2. The number of para-hydroxylation sites is 1. The van der Waals surface area contributed by atoms with Gasteiger partial charge in [0.25, 0.3) is 5.91 Å². The normalized spacial score (nSPS) is 16.2. The Hall–Kier alpha value is -2.41. The van der Waals surface area contributed by atoms with Crippen molar-refractivity contribution in [3.63, 3.8) is 0 Å². The van der Waals surface area contributed by atoms with Crippen LogP contribution >= 0.6 is 11.6 Å². The largest absolute Gasteiger partial charge is 0.480 e. The molecule has 0 bridgehead atoms. The molecule has 2 aromatic rings. The van der Waals surface area contributed by atoms with Gasteiger partial charge in [0.1, 0.15) is 5.75 Å². The Morgan fingerprint density at radius 1 is 1.21 bits per heavy atom. The maximum Gasteiger partial charge on any atom is 0.418 e. The van der Waals surface area contributed by atoms with Crippen LogP contribution in [0, 0.1) is 0 Å². The lowest BCUT2D eigenvalue weighted by Crippen LogP contribution is -2.40. The van der Waals surface area contributed by atoms with E-state index in [4.69, 9.17) is 16.3 Å². The summed E-state index contributed by atoms with van der Waals surface area (Å²) >= 11 is 5.88. The lowest BCUT2D eigenvalue weighted by atomic mass is 10.1. The van der Waals surface area contributed by atoms with E-state index in [0.29, 0.717) is 17.2 Å². The van der Waals surface area contributed by atoms with Gasteiger partial charge in [-0.2, -0.15) is 13.2 Å². The van der Waals surface area contributed by atoms with Crippen molar-refractivity contribution in [2.45, 2.75) is 18.7 Å². The van der Waals surface area contributed by atoms with Crippen LogP contribution in [0.15, 0.2) is 42.5 Å². The Kier molecular flexibility index (Phi) is 4.28. The number of amides is 1. The van der Waals surface area contributed by atoms with E-state index in [2.05, 4.69) is 10.9 Å². The third kappa shape index (κ3) is 3.41. The fraction of sp³-hybridized carbons (Fsp3) is 0.188. The van der Waals surface area contributed by atoms with E-state index in [0.717, 1.165) is 11.6 Å². The summed E-state index contributed by atoms with van der Waals surface area (Å²) in [4.78, 5) is 12.1. The van der Waals surface area contributed by atoms with Crippen LogP contribution < -0.4 is 15.6 Å². The number of rotatable bonds is 3. The first kappa shape index (κ1) is 16.4. The number of carbonyl (C=O) groups is 1. The quantitative estimate of drug-likeness (QED) is 0.822. The monoisotopic (exact) mass is 356 g/mol. The number of fused-ring (bicyclic) bond motifs is 1. The van der Waals surface area contributed by atoms with Crippen LogP contribution in [0.1, 0.15) is 11.1 Å². The third-order valence-electron chi connectivity index (χ3n) is 3.54. The molecule has 8 heteroatoms. The Bertz CT molecular complexity index is 780. The fourth-order valence-corrected chi connectivity index (χ4v) is 2.61. The lowest BCUT2D eigenvalue weighted by Gasteiger charge is -2.16. The van der Waals surface area contributed by atoms with E-state index in [9.17, 15) is 18.0 Å². The van der Waals surface area contributed by atoms with Crippen LogP contribution in [-0.4, -0.2) is 12.0 Å². The van der Waals surface area contributed by atoms with Crippen molar-refractivity contribution in [1.82, 2.24) is 5.43 Å². The molecule has 0 saturated carbocycles. The average molecular weight is 357 g/mol. The molecular weight excluding hydrogens is 345 g/mol. The first-order chi connectivity index (χ1) is 11.3. The summed E-state index contributed by atoms with van der Waals surface area (Å²) in [7, 11) is 0. The van der Waals surface area contributed by atoms with Crippen LogP contribution in [0.2, 0.25) is 5.02 Å². The van der Waals surface area contributed by atoms with Crippen molar-refractivity contribution >= 4 is 23.2 Å². The van der Waals surface area contributed by atoms with Crippen molar-refractivity contribution in [1.29, 1.82) is 0 Å². The second kappa shape index (κ2) is 6.24. The van der Waals surface area contributed by atoms with E-state index in [1.807, 2.05) is 0 Å². The molecule has 1 aliphatic heterocycles. The van der Waals surface area contributed by atoms with Crippen molar-refractivity contribution in [2.24, 2.45) is 0 Å². The molecule has 4 nitrogen and oxygen atoms in total. The van der Waals surface area contributed by atoms with Gasteiger partial charge in [0.2, 0.25) is 0 Å². The topological polar surface area (TPSA) is 50.4 Å². The van der Waals surface area contributed by atoms with Crippen molar-refractivity contribution in [3.8, 4) is 5.75 Å². The van der Waals surface area contributed by atoms with Crippen molar-refractivity contribution in [3.05, 3.63) is 58.6 Å². The molecule has 3 rings (SSSR count). The highest BCUT2D eigenvalue weighted by Gasteiger charge is 2.34. The van der Waals surface area contributed by atoms with E-state index in [1.54, 1.807) is 18.2 Å². The highest BCUT2D eigenvalue weighted by Crippen LogP contribution is 2.34. The van der Waals surface area contributed by atoms with Gasteiger partial charge in [0.15, 0.2) is 6.10 Å². The van der Waals surface area contributed by atoms with Gasteiger partial charge in [-0.3, -0.25) is 15.6 Å². The summed E-state index contributed by atoms with van der Waals surface area (Å²) in [5, 5.41) is 0.524. The Morgan fingerprint density at radius 2 is 1.96 bits per heavy atom. The maximum absolute atomic E-state index is 12.9. The van der Waals surface area contributed by atoms with Gasteiger partial charge in [0.05, 0.1) is 11.3 Å². The summed E-state index contributed by atoms with van der Waals surface area (Å²) in [5.74, 6) is -0.0328. The van der Waals surface area contributed by atoms with E-state index in [-0.39, 0.29) is 5.69 Å². The average Bonchev–Trinajstić information content (AvgIpc) is 2.95. The first-order valence-electron chi connectivity index (χ1n) is 7.02. The zero-order chi connectivity index (χ0) is 17.3. The number of alkyl halides is 3. The van der Waals surface area contributed by atoms with Crippen molar-refractivity contribution in [2.75, 3.05) is 5.43 Å². The SMILES string of the molecule is O=C(NNc1ccccc1C(F)(F)F)C1Cc2cc(Cl)ccc2O1. The molecule has 0 aromatic heterocycles. The summed E-state index contributed by atoms with van der Waals surface area (Å²) in [6, 6.07) is 9.85. The number of benzene rings is 2. The zero-order valence-corrected chi connectivity index (χ0v) is 12.9. The number of nitrogens with one attached hydrogen (secondary N) is 2. The van der Waals surface area contributed by atoms with Gasteiger partial charge in [-0.05, 0) is 35.9 Å². The summed E-state index contributed by atoms with van der Waals surface area (Å²) in [5.41, 5.74) is 4.23. The van der Waals surface area contributed by atoms with Crippen LogP contribution in [0.3, 0.4) is 0 Å². The molecule has 1 amide bonds. The predicted octanol–water partition coefficient (Wildman–Crippen LogP) is 3.81. The number of carbonyl (C=O) groups excluding carboxylic acids is 1. The van der Waals surface area contributed by atoms with Gasteiger partial charge < -0.3 is 4.74 Å². The zero-order valence-electron chi connectivity index (χ0n) is 12.2. The number of ether oxygens (including phenoxy) is 1. The highest BCUT2D eigenvalue weighted by atomic mass is 35.5. The summed E-state index contributed by atoms with van der Waals surface area (Å²) in [6.07, 6.45) is -5.06. The van der Waals surface area contributed by atoms with Crippen LogP contribution in [0.25, 0.3) is 0 Å².